The molecule has 10 aromatic rings. The second-order valence-corrected chi connectivity index (χ2v) is 13.3. The highest BCUT2D eigenvalue weighted by Crippen LogP contribution is 2.49. The van der Waals surface area contributed by atoms with Crippen LogP contribution in [0.3, 0.4) is 0 Å². The smallest absolute Gasteiger partial charge is 0.135 e. The van der Waals surface area contributed by atoms with Gasteiger partial charge in [-0.15, -0.1) is 0 Å². The Morgan fingerprint density at radius 3 is 1.76 bits per heavy atom. The highest BCUT2D eigenvalue weighted by atomic mass is 16.5. The van der Waals surface area contributed by atoms with Crippen LogP contribution < -0.4 is 4.74 Å². The molecule has 11 rings (SSSR count). The van der Waals surface area contributed by atoms with Crippen molar-refractivity contribution in [3.05, 3.63) is 170 Å². The zero-order chi connectivity index (χ0) is 32.1. The molecule has 1 heterocycles. The van der Waals surface area contributed by atoms with Crippen LogP contribution in [0, 0.1) is 0 Å². The van der Waals surface area contributed by atoms with Crippen molar-refractivity contribution >= 4 is 53.9 Å². The Morgan fingerprint density at radius 2 is 0.878 bits per heavy atom. The van der Waals surface area contributed by atoms with Gasteiger partial charge in [0.05, 0.1) is 0 Å². The standard InChI is InChI=1S/C48H28O/c1-2-7-29(8-3-1)38-21-19-30-13-18-35-27-37(28-36-20-22-43(38)47(30)46(35)36)33-15-14-32-26-34(17-16-31(32)25-33)39-23-24-45-48-41(39)10-6-11-42(48)40-9-4-5-12-44(40)49-45/h1-28H. The number of para-hydroxylation sites is 1. The van der Waals surface area contributed by atoms with Crippen LogP contribution in [-0.2, 0) is 0 Å². The van der Waals surface area contributed by atoms with Crippen LogP contribution in [-0.4, -0.2) is 0 Å². The molecule has 0 aliphatic carbocycles. The van der Waals surface area contributed by atoms with Crippen molar-refractivity contribution in [2.75, 3.05) is 0 Å². The second kappa shape index (κ2) is 10.0. The molecule has 0 bridgehead atoms. The van der Waals surface area contributed by atoms with Crippen molar-refractivity contribution in [1.82, 2.24) is 0 Å². The minimum atomic E-state index is 0.916. The molecule has 0 N–H and O–H groups in total. The summed E-state index contributed by atoms with van der Waals surface area (Å²) in [5, 5.41) is 12.7. The van der Waals surface area contributed by atoms with Gasteiger partial charge in [-0.25, -0.2) is 0 Å². The molecule has 1 heteroatoms. The Kier molecular flexibility index (Phi) is 5.45. The molecule has 10 aromatic carbocycles. The Hall–Kier alpha value is -6.44. The third-order valence-electron chi connectivity index (χ3n) is 10.6. The van der Waals surface area contributed by atoms with Gasteiger partial charge in [0.2, 0.25) is 0 Å². The first-order chi connectivity index (χ1) is 24.3. The second-order valence-electron chi connectivity index (χ2n) is 13.3. The zero-order valence-corrected chi connectivity index (χ0v) is 26.6. The number of ether oxygens (including phenoxy) is 1. The van der Waals surface area contributed by atoms with Gasteiger partial charge in [0.15, 0.2) is 0 Å². The molecule has 0 fully saturated rings. The van der Waals surface area contributed by atoms with Gasteiger partial charge in [0.25, 0.3) is 0 Å². The van der Waals surface area contributed by atoms with Crippen molar-refractivity contribution in [2.45, 2.75) is 0 Å². The van der Waals surface area contributed by atoms with Crippen molar-refractivity contribution in [1.29, 1.82) is 0 Å². The van der Waals surface area contributed by atoms with E-state index in [0.717, 1.165) is 17.1 Å². The molecule has 226 valence electrons. The van der Waals surface area contributed by atoms with Gasteiger partial charge < -0.3 is 4.74 Å². The van der Waals surface area contributed by atoms with Crippen molar-refractivity contribution in [2.24, 2.45) is 0 Å². The fourth-order valence-corrected chi connectivity index (χ4v) is 8.28. The molecule has 1 nitrogen and oxygen atoms in total. The summed E-state index contributed by atoms with van der Waals surface area (Å²) < 4.78 is 6.35. The van der Waals surface area contributed by atoms with Gasteiger partial charge in [-0.05, 0) is 124 Å². The maximum absolute atomic E-state index is 6.35. The summed E-state index contributed by atoms with van der Waals surface area (Å²) in [4.78, 5) is 0. The third kappa shape index (κ3) is 3.94. The summed E-state index contributed by atoms with van der Waals surface area (Å²) in [6.07, 6.45) is 0. The van der Waals surface area contributed by atoms with Crippen LogP contribution in [0.2, 0.25) is 0 Å². The molecule has 0 saturated carbocycles. The van der Waals surface area contributed by atoms with Crippen LogP contribution >= 0.6 is 0 Å². The van der Waals surface area contributed by atoms with Crippen molar-refractivity contribution < 1.29 is 4.74 Å². The molecule has 1 aliphatic rings. The van der Waals surface area contributed by atoms with Crippen LogP contribution in [0.15, 0.2) is 170 Å². The topological polar surface area (TPSA) is 9.23 Å². The maximum atomic E-state index is 6.35. The van der Waals surface area contributed by atoms with Crippen LogP contribution in [0.5, 0.6) is 11.5 Å². The first-order valence-electron chi connectivity index (χ1n) is 16.9. The van der Waals surface area contributed by atoms with Crippen LogP contribution in [0.4, 0.5) is 0 Å². The predicted octanol–water partition coefficient (Wildman–Crippen LogP) is 13.7. The van der Waals surface area contributed by atoms with Gasteiger partial charge in [0, 0.05) is 10.9 Å². The van der Waals surface area contributed by atoms with Gasteiger partial charge in [-0.3, -0.25) is 0 Å². The van der Waals surface area contributed by atoms with Crippen molar-refractivity contribution in [3.8, 4) is 56.0 Å². The lowest BCUT2D eigenvalue weighted by Gasteiger charge is -2.22. The maximum Gasteiger partial charge on any atom is 0.135 e. The quantitative estimate of drug-likeness (QED) is 0.179. The van der Waals surface area contributed by atoms with E-state index in [1.807, 2.05) is 12.1 Å². The van der Waals surface area contributed by atoms with E-state index in [-0.39, 0.29) is 0 Å². The summed E-state index contributed by atoms with van der Waals surface area (Å²) in [5.74, 6) is 1.84. The minimum Gasteiger partial charge on any atom is -0.456 e. The molecule has 1 aliphatic heterocycles. The zero-order valence-electron chi connectivity index (χ0n) is 26.6. The molecule has 0 unspecified atom stereocenters. The molecule has 0 atom stereocenters. The summed E-state index contributed by atoms with van der Waals surface area (Å²) in [7, 11) is 0. The van der Waals surface area contributed by atoms with Gasteiger partial charge in [-0.2, -0.15) is 0 Å². The largest absolute Gasteiger partial charge is 0.456 e. The summed E-state index contributed by atoms with van der Waals surface area (Å²) >= 11 is 0. The monoisotopic (exact) mass is 620 g/mol. The summed E-state index contributed by atoms with van der Waals surface area (Å²) in [5.41, 5.74) is 9.81. The fraction of sp³-hybridized carbons (Fsp3) is 0. The van der Waals surface area contributed by atoms with E-state index in [9.17, 15) is 0 Å². The fourth-order valence-electron chi connectivity index (χ4n) is 8.28. The van der Waals surface area contributed by atoms with E-state index in [1.54, 1.807) is 0 Å². The summed E-state index contributed by atoms with van der Waals surface area (Å²) in [6, 6.07) is 62.1. The molecular formula is C48H28O. The van der Waals surface area contributed by atoms with E-state index in [4.69, 9.17) is 4.74 Å². The Balaban J connectivity index is 1.01. The van der Waals surface area contributed by atoms with Crippen LogP contribution in [0.1, 0.15) is 0 Å². The SMILES string of the molecule is c1ccc(-c2ccc3ccc4cc(-c5ccc6cc(-c7ccc8c9c(cccc79)-c7ccccc7O8)ccc6c5)cc5ccc2c3c45)cc1. The molecule has 0 spiro atoms. The molecule has 0 amide bonds. The van der Waals surface area contributed by atoms with Gasteiger partial charge in [-0.1, -0.05) is 133 Å². The van der Waals surface area contributed by atoms with E-state index in [1.165, 1.54) is 92.8 Å². The first kappa shape index (κ1) is 26.6. The van der Waals surface area contributed by atoms with E-state index >= 15 is 0 Å². The number of fused-ring (bicyclic) bond motifs is 3. The van der Waals surface area contributed by atoms with Crippen molar-refractivity contribution in [3.63, 3.8) is 0 Å². The number of hydrogen-bond donors (Lipinski definition) is 0. The molecule has 0 saturated heterocycles. The number of hydrogen-bond acceptors (Lipinski definition) is 1. The van der Waals surface area contributed by atoms with Crippen LogP contribution in [0.25, 0.3) is 98.4 Å². The Bertz CT molecular complexity index is 2930. The molecule has 49 heavy (non-hydrogen) atoms. The highest BCUT2D eigenvalue weighted by molar-refractivity contribution is 6.26. The van der Waals surface area contributed by atoms with Gasteiger partial charge in [0.1, 0.15) is 11.5 Å². The highest BCUT2D eigenvalue weighted by Gasteiger charge is 2.21. The average Bonchev–Trinajstić information content (AvgIpc) is 3.17. The first-order valence-corrected chi connectivity index (χ1v) is 16.9. The average molecular weight is 621 g/mol. The molecule has 0 aromatic heterocycles. The lowest BCUT2D eigenvalue weighted by molar-refractivity contribution is 0.487. The van der Waals surface area contributed by atoms with E-state index in [2.05, 4.69) is 158 Å². The lowest BCUT2D eigenvalue weighted by Crippen LogP contribution is -1.97. The predicted molar refractivity (Wildman–Crippen MR) is 207 cm³/mol. The van der Waals surface area contributed by atoms with E-state index < -0.39 is 0 Å². The molecule has 0 radical (unpaired) electrons. The lowest BCUT2D eigenvalue weighted by atomic mass is 9.88. The number of benzene rings is 10. The van der Waals surface area contributed by atoms with E-state index in [0.29, 0.717) is 0 Å². The third-order valence-corrected chi connectivity index (χ3v) is 10.6. The summed E-state index contributed by atoms with van der Waals surface area (Å²) in [6.45, 7) is 0. The molecular weight excluding hydrogens is 593 g/mol. The Labute approximate surface area is 283 Å². The Morgan fingerprint density at radius 1 is 0.265 bits per heavy atom. The van der Waals surface area contributed by atoms with Gasteiger partial charge >= 0.3 is 0 Å². The normalized spacial score (nSPS) is 12.2. The number of rotatable bonds is 3. The minimum absolute atomic E-state index is 0.916.